The summed E-state index contributed by atoms with van der Waals surface area (Å²) in [6.45, 7) is -0.672. The van der Waals surface area contributed by atoms with Crippen LogP contribution in [0.15, 0.2) is 0 Å². The number of amides is 1. The zero-order valence-corrected chi connectivity index (χ0v) is 13.6. The van der Waals surface area contributed by atoms with Crippen LogP contribution in [0.3, 0.4) is 0 Å². The van der Waals surface area contributed by atoms with Crippen molar-refractivity contribution >= 4 is 5.91 Å². The zero-order chi connectivity index (χ0) is 22.1. The molecular formula is C12H14F12N2O. The van der Waals surface area contributed by atoms with E-state index in [2.05, 4.69) is 0 Å². The van der Waals surface area contributed by atoms with E-state index in [9.17, 15) is 57.5 Å². The molecule has 0 aliphatic rings. The van der Waals surface area contributed by atoms with E-state index < -0.39 is 48.5 Å². The first-order valence-electron chi connectivity index (χ1n) is 6.88. The Morgan fingerprint density at radius 3 is 1.67 bits per heavy atom. The number of nitrogens with zero attached hydrogens (tertiary/aromatic N) is 1. The number of rotatable bonds is 10. The number of carbonyl (C=O) groups is 1. The fourth-order valence-corrected chi connectivity index (χ4v) is 1.59. The number of halogens is 12. The van der Waals surface area contributed by atoms with Gasteiger partial charge in [-0.2, -0.15) is 43.9 Å². The average Bonchev–Trinajstić information content (AvgIpc) is 2.49. The number of carbonyl (C=O) groups excluding carboxylic acids is 1. The van der Waals surface area contributed by atoms with Gasteiger partial charge in [-0.05, 0) is 27.1 Å². The molecular weight excluding hydrogens is 416 g/mol. The van der Waals surface area contributed by atoms with Crippen LogP contribution in [0.4, 0.5) is 52.7 Å². The quantitative estimate of drug-likeness (QED) is 0.425. The van der Waals surface area contributed by atoms with Crippen molar-refractivity contribution in [2.45, 2.75) is 42.5 Å². The van der Waals surface area contributed by atoms with Gasteiger partial charge >= 0.3 is 36.0 Å². The Bertz CT molecular complexity index is 521. The lowest BCUT2D eigenvalue weighted by molar-refractivity contribution is -0.407. The van der Waals surface area contributed by atoms with Crippen LogP contribution in [0.5, 0.6) is 0 Å². The summed E-state index contributed by atoms with van der Waals surface area (Å²) in [5, 5.41) is 1.06. The normalized spacial score (nSPS) is 14.8. The number of alkyl halides is 12. The number of hydrogen-bond donors (Lipinski definition) is 1. The van der Waals surface area contributed by atoms with Crippen molar-refractivity contribution in [2.75, 3.05) is 27.2 Å². The molecule has 0 aromatic carbocycles. The summed E-state index contributed by atoms with van der Waals surface area (Å²) in [7, 11) is 2.97. The van der Waals surface area contributed by atoms with Crippen LogP contribution in [0, 0.1) is 0 Å². The van der Waals surface area contributed by atoms with Crippen LogP contribution in [0.25, 0.3) is 0 Å². The summed E-state index contributed by atoms with van der Waals surface area (Å²) in [6.07, 6.45) is -5.74. The molecule has 0 aromatic rings. The second kappa shape index (κ2) is 7.91. The van der Waals surface area contributed by atoms with Gasteiger partial charge in [-0.1, -0.05) is 0 Å². The summed E-state index contributed by atoms with van der Waals surface area (Å²) in [5.74, 6) is -39.6. The molecule has 0 radical (unpaired) electrons. The molecule has 0 unspecified atom stereocenters. The first kappa shape index (κ1) is 25.6. The fraction of sp³-hybridized carbons (Fsp3) is 0.917. The van der Waals surface area contributed by atoms with E-state index >= 15 is 0 Å². The van der Waals surface area contributed by atoms with Crippen molar-refractivity contribution in [2.24, 2.45) is 0 Å². The summed E-state index contributed by atoms with van der Waals surface area (Å²) in [5.41, 5.74) is 0. The lowest BCUT2D eigenvalue weighted by atomic mass is 9.94. The van der Waals surface area contributed by atoms with Crippen LogP contribution in [0.2, 0.25) is 0 Å². The zero-order valence-electron chi connectivity index (χ0n) is 13.6. The van der Waals surface area contributed by atoms with Gasteiger partial charge in [0.15, 0.2) is 0 Å². The Morgan fingerprint density at radius 2 is 1.30 bits per heavy atom. The van der Waals surface area contributed by atoms with Crippen molar-refractivity contribution in [1.82, 2.24) is 10.2 Å². The van der Waals surface area contributed by atoms with E-state index in [4.69, 9.17) is 0 Å². The maximum absolute atomic E-state index is 13.4. The van der Waals surface area contributed by atoms with E-state index in [1.54, 1.807) is 0 Å². The van der Waals surface area contributed by atoms with Gasteiger partial charge in [0.25, 0.3) is 5.91 Å². The Hall–Kier alpha value is -1.41. The highest BCUT2D eigenvalue weighted by Gasteiger charge is 2.89. The van der Waals surface area contributed by atoms with Gasteiger partial charge < -0.3 is 10.2 Å². The largest absolute Gasteiger partial charge is 0.392 e. The Balaban J connectivity index is 5.69. The molecule has 1 amide bonds. The van der Waals surface area contributed by atoms with E-state index in [0.717, 1.165) is 5.32 Å². The average molecular weight is 430 g/mol. The minimum atomic E-state index is -7.70. The van der Waals surface area contributed by atoms with Gasteiger partial charge in [0.1, 0.15) is 0 Å². The SMILES string of the molecule is CN(C)CCCNC(=O)C(F)(F)C(F)(F)C(F)(F)C(F)(F)C(F)(F)C(F)F. The highest BCUT2D eigenvalue weighted by atomic mass is 19.4. The molecule has 0 rings (SSSR count). The molecule has 0 heterocycles. The lowest BCUT2D eigenvalue weighted by Gasteiger charge is -2.38. The van der Waals surface area contributed by atoms with Crippen molar-refractivity contribution in [1.29, 1.82) is 0 Å². The molecule has 0 aromatic heterocycles. The van der Waals surface area contributed by atoms with Crippen LogP contribution in [0.1, 0.15) is 6.42 Å². The Morgan fingerprint density at radius 1 is 0.852 bits per heavy atom. The maximum Gasteiger partial charge on any atom is 0.392 e. The van der Waals surface area contributed by atoms with Crippen molar-refractivity contribution in [3.63, 3.8) is 0 Å². The molecule has 3 nitrogen and oxygen atoms in total. The predicted molar refractivity (Wildman–Crippen MR) is 66.9 cm³/mol. The van der Waals surface area contributed by atoms with Gasteiger partial charge in [0.2, 0.25) is 0 Å². The molecule has 0 saturated heterocycles. The molecule has 0 aliphatic heterocycles. The molecule has 27 heavy (non-hydrogen) atoms. The second-order valence-corrected chi connectivity index (χ2v) is 5.63. The third-order valence-electron chi connectivity index (χ3n) is 3.23. The summed E-state index contributed by atoms with van der Waals surface area (Å²) >= 11 is 0. The smallest absolute Gasteiger partial charge is 0.351 e. The van der Waals surface area contributed by atoms with Gasteiger partial charge in [0.05, 0.1) is 0 Å². The standard InChI is InChI=1S/C12H14F12N2O/c1-26(2)5-3-4-25-7(27)9(17,18)11(21,22)12(23,24)10(19,20)8(15,16)6(13)14/h6H,3-5H2,1-2H3,(H,25,27). The molecule has 15 heteroatoms. The molecule has 0 atom stereocenters. The molecule has 0 fully saturated rings. The summed E-state index contributed by atoms with van der Waals surface area (Å²) < 4.78 is 155. The topological polar surface area (TPSA) is 32.3 Å². The first-order valence-corrected chi connectivity index (χ1v) is 6.88. The van der Waals surface area contributed by atoms with E-state index in [0.29, 0.717) is 0 Å². The van der Waals surface area contributed by atoms with Crippen LogP contribution >= 0.6 is 0 Å². The van der Waals surface area contributed by atoms with E-state index in [1.165, 1.54) is 19.0 Å². The Kier molecular flexibility index (Phi) is 7.50. The van der Waals surface area contributed by atoms with Crippen molar-refractivity contribution in [3.8, 4) is 0 Å². The third kappa shape index (κ3) is 4.37. The molecule has 162 valence electrons. The van der Waals surface area contributed by atoms with Crippen LogP contribution in [-0.2, 0) is 4.79 Å². The lowest BCUT2D eigenvalue weighted by Crippen LogP contribution is -2.70. The van der Waals surface area contributed by atoms with Gasteiger partial charge in [-0.25, -0.2) is 8.78 Å². The van der Waals surface area contributed by atoms with Gasteiger partial charge in [0, 0.05) is 6.54 Å². The van der Waals surface area contributed by atoms with Gasteiger partial charge in [-0.3, -0.25) is 4.79 Å². The molecule has 0 bridgehead atoms. The van der Waals surface area contributed by atoms with Crippen molar-refractivity contribution in [3.05, 3.63) is 0 Å². The minimum absolute atomic E-state index is 0.108. The van der Waals surface area contributed by atoms with E-state index in [-0.39, 0.29) is 13.0 Å². The predicted octanol–water partition coefficient (Wildman–Crippen LogP) is 3.50. The monoisotopic (exact) mass is 430 g/mol. The fourth-order valence-electron chi connectivity index (χ4n) is 1.59. The first-order chi connectivity index (χ1) is 11.8. The molecule has 0 spiro atoms. The Labute approximate surface area is 144 Å². The van der Waals surface area contributed by atoms with Crippen LogP contribution < -0.4 is 5.32 Å². The van der Waals surface area contributed by atoms with Gasteiger partial charge in [-0.15, -0.1) is 0 Å². The summed E-state index contributed by atoms with van der Waals surface area (Å²) in [6, 6.07) is 0. The second-order valence-electron chi connectivity index (χ2n) is 5.63. The molecule has 1 N–H and O–H groups in total. The minimum Gasteiger partial charge on any atom is -0.351 e. The molecule has 0 aliphatic carbocycles. The number of hydrogen-bond acceptors (Lipinski definition) is 2. The van der Waals surface area contributed by atoms with E-state index in [1.807, 2.05) is 0 Å². The number of nitrogens with one attached hydrogen (secondary N) is 1. The van der Waals surface area contributed by atoms with Crippen molar-refractivity contribution < 1.29 is 57.5 Å². The summed E-state index contributed by atoms with van der Waals surface area (Å²) in [4.78, 5) is 12.5. The highest BCUT2D eigenvalue weighted by molar-refractivity contribution is 5.84. The third-order valence-corrected chi connectivity index (χ3v) is 3.23. The van der Waals surface area contributed by atoms with Crippen LogP contribution in [-0.4, -0.2) is 74.0 Å². The highest BCUT2D eigenvalue weighted by Crippen LogP contribution is 2.58. The maximum atomic E-state index is 13.4. The molecule has 0 saturated carbocycles.